The van der Waals surface area contributed by atoms with Crippen molar-refractivity contribution >= 4 is 6.29 Å². The smallest absolute Gasteiger partial charge is 0.168 e. The summed E-state index contributed by atoms with van der Waals surface area (Å²) in [5.74, 6) is 0.634. The molecule has 88 valence electrons. The van der Waals surface area contributed by atoms with Crippen molar-refractivity contribution in [2.45, 2.75) is 13.5 Å². The van der Waals surface area contributed by atoms with Gasteiger partial charge in [0.05, 0.1) is 17.6 Å². The van der Waals surface area contributed by atoms with Crippen molar-refractivity contribution in [3.63, 3.8) is 0 Å². The summed E-state index contributed by atoms with van der Waals surface area (Å²) in [5.41, 5.74) is 2.34. The molecule has 0 N–H and O–H groups in total. The van der Waals surface area contributed by atoms with Crippen LogP contribution in [0.5, 0.6) is 5.75 Å². The molecule has 0 bridgehead atoms. The maximum absolute atomic E-state index is 10.4. The lowest BCUT2D eigenvalue weighted by Gasteiger charge is -2.05. The van der Waals surface area contributed by atoms with Crippen LogP contribution < -0.4 is 4.74 Å². The van der Waals surface area contributed by atoms with Crippen molar-refractivity contribution in [2.75, 3.05) is 0 Å². The van der Waals surface area contributed by atoms with E-state index in [-0.39, 0.29) is 0 Å². The number of carbonyl (C=O) groups excluding carboxylic acids is 1. The van der Waals surface area contributed by atoms with Crippen molar-refractivity contribution < 1.29 is 9.53 Å². The molecule has 0 amide bonds. The zero-order chi connectivity index (χ0) is 12.3. The predicted octanol–water partition coefficient (Wildman–Crippen LogP) is 1.52. The van der Waals surface area contributed by atoms with Gasteiger partial charge in [0, 0.05) is 7.05 Å². The Bertz CT molecular complexity index is 517. The van der Waals surface area contributed by atoms with Gasteiger partial charge in [0.2, 0.25) is 0 Å². The molecule has 0 atom stereocenters. The summed E-state index contributed by atoms with van der Waals surface area (Å²) in [6, 6.07) is 5.31. The Hall–Kier alpha value is -2.17. The van der Waals surface area contributed by atoms with Crippen LogP contribution in [0.4, 0.5) is 0 Å². The van der Waals surface area contributed by atoms with Gasteiger partial charge in [0.25, 0.3) is 0 Å². The van der Waals surface area contributed by atoms with Crippen molar-refractivity contribution in [1.29, 1.82) is 0 Å². The third-order valence-corrected chi connectivity index (χ3v) is 2.37. The SMILES string of the molecule is Cc1cc(COc2ccc(C=O)nc2)n(C)n1. The van der Waals surface area contributed by atoms with Gasteiger partial charge in [-0.05, 0) is 25.1 Å². The summed E-state index contributed by atoms with van der Waals surface area (Å²) in [6.07, 6.45) is 2.24. The van der Waals surface area contributed by atoms with Gasteiger partial charge in [-0.2, -0.15) is 5.10 Å². The molecule has 0 saturated heterocycles. The Balaban J connectivity index is 2.02. The van der Waals surface area contributed by atoms with Crippen molar-refractivity contribution in [1.82, 2.24) is 14.8 Å². The molecule has 0 saturated carbocycles. The topological polar surface area (TPSA) is 57.0 Å². The normalized spacial score (nSPS) is 10.2. The lowest BCUT2D eigenvalue weighted by Crippen LogP contribution is -2.03. The second-order valence-electron chi connectivity index (χ2n) is 3.73. The number of aryl methyl sites for hydroxylation is 2. The van der Waals surface area contributed by atoms with E-state index in [0.29, 0.717) is 24.3 Å². The van der Waals surface area contributed by atoms with Crippen LogP contribution in [0.25, 0.3) is 0 Å². The zero-order valence-corrected chi connectivity index (χ0v) is 9.75. The van der Waals surface area contributed by atoms with E-state index in [2.05, 4.69) is 10.1 Å². The first-order valence-corrected chi connectivity index (χ1v) is 5.22. The number of aldehydes is 1. The number of pyridine rings is 1. The summed E-state index contributed by atoms with van der Waals surface area (Å²) in [5, 5.41) is 4.23. The molecule has 0 spiro atoms. The summed E-state index contributed by atoms with van der Waals surface area (Å²) in [4.78, 5) is 14.4. The lowest BCUT2D eigenvalue weighted by atomic mass is 10.3. The van der Waals surface area contributed by atoms with Crippen LogP contribution in [0.3, 0.4) is 0 Å². The van der Waals surface area contributed by atoms with E-state index in [4.69, 9.17) is 4.74 Å². The van der Waals surface area contributed by atoms with Crippen LogP contribution in [-0.2, 0) is 13.7 Å². The molecule has 5 heteroatoms. The van der Waals surface area contributed by atoms with Crippen molar-refractivity contribution in [3.05, 3.63) is 41.5 Å². The highest BCUT2D eigenvalue weighted by Crippen LogP contribution is 2.11. The van der Waals surface area contributed by atoms with Gasteiger partial charge in [-0.25, -0.2) is 4.98 Å². The molecule has 2 heterocycles. The maximum Gasteiger partial charge on any atom is 0.168 e. The van der Waals surface area contributed by atoms with Gasteiger partial charge in [-0.1, -0.05) is 0 Å². The first-order chi connectivity index (χ1) is 8.19. The van der Waals surface area contributed by atoms with Crippen molar-refractivity contribution in [2.24, 2.45) is 7.05 Å². The first-order valence-electron chi connectivity index (χ1n) is 5.22. The molecular weight excluding hydrogens is 218 g/mol. The molecule has 2 rings (SSSR count). The number of hydrogen-bond acceptors (Lipinski definition) is 4. The van der Waals surface area contributed by atoms with Gasteiger partial charge >= 0.3 is 0 Å². The van der Waals surface area contributed by atoms with Gasteiger partial charge in [-0.15, -0.1) is 0 Å². The summed E-state index contributed by atoms with van der Waals surface area (Å²) >= 11 is 0. The summed E-state index contributed by atoms with van der Waals surface area (Å²) < 4.78 is 7.33. The van der Waals surface area contributed by atoms with E-state index in [1.165, 1.54) is 6.20 Å². The maximum atomic E-state index is 10.4. The van der Waals surface area contributed by atoms with Crippen LogP contribution in [0.1, 0.15) is 21.9 Å². The van der Waals surface area contributed by atoms with Crippen LogP contribution in [0, 0.1) is 6.92 Å². The number of nitrogens with zero attached hydrogens (tertiary/aromatic N) is 3. The summed E-state index contributed by atoms with van der Waals surface area (Å²) in [6.45, 7) is 2.36. The number of ether oxygens (including phenoxy) is 1. The average Bonchev–Trinajstić information content (AvgIpc) is 2.66. The molecule has 0 aliphatic heterocycles. The molecule has 0 radical (unpaired) electrons. The number of aromatic nitrogens is 3. The Morgan fingerprint density at radius 2 is 2.29 bits per heavy atom. The Morgan fingerprint density at radius 3 is 2.82 bits per heavy atom. The number of hydrogen-bond donors (Lipinski definition) is 0. The predicted molar refractivity (Wildman–Crippen MR) is 61.9 cm³/mol. The fourth-order valence-corrected chi connectivity index (χ4v) is 1.50. The molecule has 0 unspecified atom stereocenters. The third-order valence-electron chi connectivity index (χ3n) is 2.37. The monoisotopic (exact) mass is 231 g/mol. The zero-order valence-electron chi connectivity index (χ0n) is 9.75. The highest BCUT2D eigenvalue weighted by Gasteiger charge is 2.03. The molecule has 0 aliphatic rings. The average molecular weight is 231 g/mol. The Labute approximate surface area is 99.1 Å². The molecule has 2 aromatic heterocycles. The molecule has 0 aromatic carbocycles. The highest BCUT2D eigenvalue weighted by molar-refractivity contribution is 5.71. The molecule has 2 aromatic rings. The van der Waals surface area contributed by atoms with Crippen LogP contribution in [-0.4, -0.2) is 21.1 Å². The Kier molecular flexibility index (Phi) is 3.18. The Morgan fingerprint density at radius 1 is 1.47 bits per heavy atom. The van der Waals surface area contributed by atoms with Crippen LogP contribution in [0.2, 0.25) is 0 Å². The van der Waals surface area contributed by atoms with Crippen molar-refractivity contribution in [3.8, 4) is 5.75 Å². The molecule has 5 nitrogen and oxygen atoms in total. The van der Waals surface area contributed by atoms with Gasteiger partial charge in [0.15, 0.2) is 6.29 Å². The molecule has 17 heavy (non-hydrogen) atoms. The number of carbonyl (C=O) groups is 1. The minimum atomic E-state index is 0.397. The van der Waals surface area contributed by atoms with Gasteiger partial charge < -0.3 is 4.74 Å². The van der Waals surface area contributed by atoms with Crippen LogP contribution >= 0.6 is 0 Å². The van der Waals surface area contributed by atoms with E-state index in [1.807, 2.05) is 20.0 Å². The van der Waals surface area contributed by atoms with E-state index < -0.39 is 0 Å². The second-order valence-corrected chi connectivity index (χ2v) is 3.73. The fourth-order valence-electron chi connectivity index (χ4n) is 1.50. The molecular formula is C12H13N3O2. The largest absolute Gasteiger partial charge is 0.486 e. The number of rotatable bonds is 4. The minimum absolute atomic E-state index is 0.397. The van der Waals surface area contributed by atoms with E-state index in [9.17, 15) is 4.79 Å². The second kappa shape index (κ2) is 4.78. The fraction of sp³-hybridized carbons (Fsp3) is 0.250. The molecule has 0 aliphatic carbocycles. The van der Waals surface area contributed by atoms with Gasteiger partial charge in [0.1, 0.15) is 18.1 Å². The highest BCUT2D eigenvalue weighted by atomic mass is 16.5. The minimum Gasteiger partial charge on any atom is -0.486 e. The van der Waals surface area contributed by atoms with Crippen LogP contribution in [0.15, 0.2) is 24.4 Å². The van der Waals surface area contributed by atoms with E-state index in [1.54, 1.807) is 16.8 Å². The quantitative estimate of drug-likeness (QED) is 0.748. The first kappa shape index (κ1) is 11.3. The molecule has 0 fully saturated rings. The van der Waals surface area contributed by atoms with E-state index in [0.717, 1.165) is 11.4 Å². The summed E-state index contributed by atoms with van der Waals surface area (Å²) in [7, 11) is 1.87. The third kappa shape index (κ3) is 2.69. The van der Waals surface area contributed by atoms with E-state index >= 15 is 0 Å². The van der Waals surface area contributed by atoms with Gasteiger partial charge in [-0.3, -0.25) is 9.48 Å². The lowest BCUT2D eigenvalue weighted by molar-refractivity contribution is 0.111. The standard InChI is InChI=1S/C12H13N3O2/c1-9-5-11(15(2)14-9)8-17-12-4-3-10(7-16)13-6-12/h3-7H,8H2,1-2H3.